The third-order valence-corrected chi connectivity index (χ3v) is 4.06. The number of aromatic hydroxyl groups is 4. The Hall–Kier alpha value is -2.36. The fraction of sp³-hybridized carbons (Fsp3) is 0.333. The van der Waals surface area contributed by atoms with E-state index in [0.717, 1.165) is 30.4 Å². The summed E-state index contributed by atoms with van der Waals surface area (Å²) in [5.74, 6) is -0.419. The number of hydrogen-bond acceptors (Lipinski definition) is 4. The van der Waals surface area contributed by atoms with Crippen LogP contribution in [0.4, 0.5) is 0 Å². The van der Waals surface area contributed by atoms with Gasteiger partial charge in [-0.3, -0.25) is 0 Å². The Balaban J connectivity index is 1.99. The number of rotatable bonds is 5. The van der Waals surface area contributed by atoms with Crippen LogP contribution in [0.25, 0.3) is 0 Å². The van der Waals surface area contributed by atoms with Gasteiger partial charge in [-0.15, -0.1) is 0 Å². The van der Waals surface area contributed by atoms with Gasteiger partial charge in [0.25, 0.3) is 0 Å². The maximum atomic E-state index is 9.62. The van der Waals surface area contributed by atoms with Crippen LogP contribution in [0.1, 0.15) is 37.8 Å². The van der Waals surface area contributed by atoms with E-state index < -0.39 is 0 Å². The number of phenolic OH excluding ortho intramolecular Hbond substituents is 4. The lowest BCUT2D eigenvalue weighted by Crippen LogP contribution is -2.17. The molecule has 0 aliphatic carbocycles. The lowest BCUT2D eigenvalue weighted by molar-refractivity contribution is 0.398. The average molecular weight is 302 g/mol. The molecule has 0 amide bonds. The number of benzene rings is 2. The smallest absolute Gasteiger partial charge is 0.157 e. The summed E-state index contributed by atoms with van der Waals surface area (Å²) in [6.45, 7) is 4.18. The molecule has 22 heavy (non-hydrogen) atoms. The molecule has 4 N–H and O–H groups in total. The second-order valence-corrected chi connectivity index (χ2v) is 6.26. The molecule has 0 heterocycles. The lowest BCUT2D eigenvalue weighted by atomic mass is 9.79. The van der Waals surface area contributed by atoms with Gasteiger partial charge in [0, 0.05) is 0 Å². The van der Waals surface area contributed by atoms with Crippen LogP contribution in [-0.2, 0) is 11.8 Å². The molecule has 0 bridgehead atoms. The van der Waals surface area contributed by atoms with Crippen molar-refractivity contribution in [3.63, 3.8) is 0 Å². The zero-order chi connectivity index (χ0) is 16.3. The van der Waals surface area contributed by atoms with Crippen molar-refractivity contribution >= 4 is 0 Å². The Morgan fingerprint density at radius 1 is 0.773 bits per heavy atom. The summed E-state index contributed by atoms with van der Waals surface area (Å²) in [5, 5.41) is 37.8. The SMILES string of the molecule is CC(C)(CCCc1ccc(O)c(O)c1)c1ccc(O)c(O)c1. The second kappa shape index (κ2) is 6.18. The summed E-state index contributed by atoms with van der Waals surface area (Å²) in [6.07, 6.45) is 2.58. The monoisotopic (exact) mass is 302 g/mol. The van der Waals surface area contributed by atoms with Gasteiger partial charge in [0.2, 0.25) is 0 Å². The topological polar surface area (TPSA) is 80.9 Å². The van der Waals surface area contributed by atoms with Crippen LogP contribution in [-0.4, -0.2) is 20.4 Å². The van der Waals surface area contributed by atoms with Gasteiger partial charge >= 0.3 is 0 Å². The molecule has 0 aliphatic rings. The van der Waals surface area contributed by atoms with Crippen molar-refractivity contribution in [2.75, 3.05) is 0 Å². The van der Waals surface area contributed by atoms with Crippen molar-refractivity contribution < 1.29 is 20.4 Å². The van der Waals surface area contributed by atoms with Gasteiger partial charge < -0.3 is 20.4 Å². The Labute approximate surface area is 130 Å². The highest BCUT2D eigenvalue weighted by molar-refractivity contribution is 5.43. The molecule has 0 fully saturated rings. The number of aryl methyl sites for hydroxylation is 1. The molecular formula is C18H22O4. The molecule has 2 rings (SSSR count). The third kappa shape index (κ3) is 3.64. The summed E-state index contributed by atoms with van der Waals surface area (Å²) in [6, 6.07) is 9.80. The third-order valence-electron chi connectivity index (χ3n) is 4.06. The van der Waals surface area contributed by atoms with E-state index in [0.29, 0.717) is 0 Å². The first kappa shape index (κ1) is 16.0. The summed E-state index contributed by atoms with van der Waals surface area (Å²) < 4.78 is 0. The molecule has 0 radical (unpaired) electrons. The molecule has 0 spiro atoms. The summed E-state index contributed by atoms with van der Waals surface area (Å²) >= 11 is 0. The van der Waals surface area contributed by atoms with E-state index in [1.807, 2.05) is 6.07 Å². The second-order valence-electron chi connectivity index (χ2n) is 6.26. The Kier molecular flexibility index (Phi) is 4.50. The molecule has 0 aliphatic heterocycles. The maximum absolute atomic E-state index is 9.62. The first-order valence-electron chi connectivity index (χ1n) is 7.33. The lowest BCUT2D eigenvalue weighted by Gasteiger charge is -2.25. The maximum Gasteiger partial charge on any atom is 0.157 e. The molecule has 0 aromatic heterocycles. The first-order valence-corrected chi connectivity index (χ1v) is 7.33. The minimum Gasteiger partial charge on any atom is -0.504 e. The van der Waals surface area contributed by atoms with Crippen LogP contribution in [0.2, 0.25) is 0 Å². The van der Waals surface area contributed by atoms with Gasteiger partial charge in [-0.05, 0) is 60.1 Å². The molecule has 0 saturated heterocycles. The van der Waals surface area contributed by atoms with E-state index in [-0.39, 0.29) is 28.4 Å². The molecule has 0 saturated carbocycles. The Bertz CT molecular complexity index is 662. The first-order chi connectivity index (χ1) is 10.3. The van der Waals surface area contributed by atoms with Crippen LogP contribution in [0, 0.1) is 0 Å². The highest BCUT2D eigenvalue weighted by Gasteiger charge is 2.21. The van der Waals surface area contributed by atoms with E-state index >= 15 is 0 Å². The Morgan fingerprint density at radius 2 is 1.36 bits per heavy atom. The molecule has 118 valence electrons. The highest BCUT2D eigenvalue weighted by Crippen LogP contribution is 2.35. The van der Waals surface area contributed by atoms with Crippen molar-refractivity contribution in [3.8, 4) is 23.0 Å². The van der Waals surface area contributed by atoms with Gasteiger partial charge in [-0.1, -0.05) is 26.0 Å². The van der Waals surface area contributed by atoms with Crippen molar-refractivity contribution in [2.45, 2.75) is 38.5 Å². The summed E-state index contributed by atoms with van der Waals surface area (Å²) in [7, 11) is 0. The van der Waals surface area contributed by atoms with Gasteiger partial charge in [-0.25, -0.2) is 0 Å². The van der Waals surface area contributed by atoms with Gasteiger partial charge in [0.1, 0.15) is 0 Å². The zero-order valence-corrected chi connectivity index (χ0v) is 12.9. The van der Waals surface area contributed by atoms with Crippen LogP contribution in [0.15, 0.2) is 36.4 Å². The van der Waals surface area contributed by atoms with Crippen molar-refractivity contribution in [1.82, 2.24) is 0 Å². The quantitative estimate of drug-likeness (QED) is 0.633. The van der Waals surface area contributed by atoms with Gasteiger partial charge in [-0.2, -0.15) is 0 Å². The normalized spacial score (nSPS) is 11.5. The average Bonchev–Trinajstić information content (AvgIpc) is 2.45. The van der Waals surface area contributed by atoms with E-state index in [9.17, 15) is 20.4 Å². The van der Waals surface area contributed by atoms with Crippen LogP contribution in [0.5, 0.6) is 23.0 Å². The molecular weight excluding hydrogens is 280 g/mol. The standard InChI is InChI=1S/C18H22O4/c1-18(2,13-6-8-15(20)17(22)11-13)9-3-4-12-5-7-14(19)16(21)10-12/h5-8,10-11,19-22H,3-4,9H2,1-2H3. The number of hydrogen-bond donors (Lipinski definition) is 4. The minimum absolute atomic E-state index is 0.0970. The summed E-state index contributed by atoms with van der Waals surface area (Å²) in [5.41, 5.74) is 1.81. The van der Waals surface area contributed by atoms with Crippen molar-refractivity contribution in [2.24, 2.45) is 0 Å². The van der Waals surface area contributed by atoms with E-state index in [1.165, 1.54) is 12.1 Å². The minimum atomic E-state index is -0.135. The molecule has 2 aromatic carbocycles. The predicted octanol–water partition coefficient (Wildman–Crippen LogP) is 3.81. The number of phenols is 4. The van der Waals surface area contributed by atoms with E-state index in [2.05, 4.69) is 13.8 Å². The van der Waals surface area contributed by atoms with E-state index in [4.69, 9.17) is 0 Å². The molecule has 4 nitrogen and oxygen atoms in total. The van der Waals surface area contributed by atoms with E-state index in [1.54, 1.807) is 18.2 Å². The van der Waals surface area contributed by atoms with Crippen molar-refractivity contribution in [3.05, 3.63) is 47.5 Å². The highest BCUT2D eigenvalue weighted by atomic mass is 16.3. The summed E-state index contributed by atoms with van der Waals surface area (Å²) in [4.78, 5) is 0. The van der Waals surface area contributed by atoms with Crippen molar-refractivity contribution in [1.29, 1.82) is 0 Å². The fourth-order valence-corrected chi connectivity index (χ4v) is 2.55. The molecule has 4 heteroatoms. The molecule has 0 atom stereocenters. The largest absolute Gasteiger partial charge is 0.504 e. The van der Waals surface area contributed by atoms with Crippen LogP contribution < -0.4 is 0 Å². The Morgan fingerprint density at radius 3 is 1.95 bits per heavy atom. The molecule has 2 aromatic rings. The molecule has 0 unspecified atom stereocenters. The zero-order valence-electron chi connectivity index (χ0n) is 12.9. The van der Waals surface area contributed by atoms with Gasteiger partial charge in [0.15, 0.2) is 23.0 Å². The van der Waals surface area contributed by atoms with Crippen LogP contribution in [0.3, 0.4) is 0 Å². The van der Waals surface area contributed by atoms with Gasteiger partial charge in [0.05, 0.1) is 0 Å². The van der Waals surface area contributed by atoms with Crippen LogP contribution >= 0.6 is 0 Å². The fourth-order valence-electron chi connectivity index (χ4n) is 2.55. The predicted molar refractivity (Wildman–Crippen MR) is 85.5 cm³/mol.